The van der Waals surface area contributed by atoms with Gasteiger partial charge in [0.05, 0.1) is 11.4 Å². The van der Waals surface area contributed by atoms with Crippen molar-refractivity contribution in [1.29, 1.82) is 0 Å². The molecule has 0 radical (unpaired) electrons. The second kappa shape index (κ2) is 4.69. The Labute approximate surface area is 98.8 Å². The number of nitrogens with zero attached hydrogens (tertiary/aromatic N) is 1. The first kappa shape index (κ1) is 12.8. The molecule has 16 heavy (non-hydrogen) atoms. The van der Waals surface area contributed by atoms with Crippen LogP contribution in [-0.2, 0) is 0 Å². The van der Waals surface area contributed by atoms with Gasteiger partial charge in [-0.05, 0) is 52.7 Å². The minimum absolute atomic E-state index is 0.0341. The lowest BCUT2D eigenvalue weighted by Crippen LogP contribution is -2.18. The van der Waals surface area contributed by atoms with Crippen molar-refractivity contribution in [3.05, 3.63) is 29.3 Å². The summed E-state index contributed by atoms with van der Waals surface area (Å²) in [6, 6.07) is 6.30. The molecule has 1 N–H and O–H groups in total. The molecule has 1 aromatic rings. The number of rotatable bonds is 1. The van der Waals surface area contributed by atoms with E-state index in [9.17, 15) is 0 Å². The van der Waals surface area contributed by atoms with Gasteiger partial charge in [0.2, 0.25) is 0 Å². The molecule has 0 aliphatic carbocycles. The maximum Gasteiger partial charge on any atom is 0.0982 e. The fourth-order valence-electron chi connectivity index (χ4n) is 1.72. The highest BCUT2D eigenvalue weighted by molar-refractivity contribution is 5.95. The van der Waals surface area contributed by atoms with Crippen LogP contribution in [0.1, 0.15) is 38.8 Å². The van der Waals surface area contributed by atoms with E-state index in [1.807, 2.05) is 6.92 Å². The highest BCUT2D eigenvalue weighted by atomic mass is 15.0. The van der Waals surface area contributed by atoms with E-state index in [1.54, 1.807) is 0 Å². The molecule has 1 rings (SSSR count). The van der Waals surface area contributed by atoms with Crippen LogP contribution in [0.25, 0.3) is 0 Å². The summed E-state index contributed by atoms with van der Waals surface area (Å²) in [5, 5.41) is 3.38. The number of para-hydroxylation sites is 1. The monoisotopic (exact) mass is 218 g/mol. The van der Waals surface area contributed by atoms with Gasteiger partial charge in [-0.25, -0.2) is 0 Å². The highest BCUT2D eigenvalue weighted by Gasteiger charge is 2.08. The SMILES string of the molecule is CC(=NC(C)(C)C)Nc1c(C)cccc1C. The summed E-state index contributed by atoms with van der Waals surface area (Å²) < 4.78 is 0. The quantitative estimate of drug-likeness (QED) is 0.560. The summed E-state index contributed by atoms with van der Waals surface area (Å²) in [7, 11) is 0. The first-order chi connectivity index (χ1) is 7.29. The molecule has 0 heterocycles. The number of aryl methyl sites for hydroxylation is 2. The van der Waals surface area contributed by atoms with Gasteiger partial charge in [-0.2, -0.15) is 0 Å². The zero-order chi connectivity index (χ0) is 12.3. The largest absolute Gasteiger partial charge is 0.344 e. The van der Waals surface area contributed by atoms with Gasteiger partial charge in [0.1, 0.15) is 0 Å². The molecule has 0 aromatic heterocycles. The normalized spacial score (nSPS) is 12.8. The Morgan fingerprint density at radius 1 is 1.12 bits per heavy atom. The Hall–Kier alpha value is -1.31. The summed E-state index contributed by atoms with van der Waals surface area (Å²) in [4.78, 5) is 4.59. The van der Waals surface area contributed by atoms with Gasteiger partial charge >= 0.3 is 0 Å². The van der Waals surface area contributed by atoms with Gasteiger partial charge in [-0.15, -0.1) is 0 Å². The Bertz CT molecular complexity index is 377. The Kier molecular flexibility index (Phi) is 3.74. The molecule has 0 aliphatic rings. The molecule has 0 unspecified atom stereocenters. The standard InChI is InChI=1S/C14H22N2/c1-10-8-7-9-11(2)13(10)15-12(3)16-14(4,5)6/h7-9H,1-6H3,(H,15,16). The molecular formula is C14H22N2. The van der Waals surface area contributed by atoms with Crippen molar-refractivity contribution in [3.63, 3.8) is 0 Å². The molecule has 0 aliphatic heterocycles. The third-order valence-electron chi connectivity index (χ3n) is 2.29. The summed E-state index contributed by atoms with van der Waals surface area (Å²) in [5.41, 5.74) is 3.65. The smallest absolute Gasteiger partial charge is 0.0982 e. The lowest BCUT2D eigenvalue weighted by Gasteiger charge is -2.17. The fraction of sp³-hybridized carbons (Fsp3) is 0.500. The number of hydrogen-bond donors (Lipinski definition) is 1. The van der Waals surface area contributed by atoms with Crippen LogP contribution in [-0.4, -0.2) is 11.4 Å². The molecule has 0 saturated carbocycles. The average molecular weight is 218 g/mol. The molecule has 0 spiro atoms. The summed E-state index contributed by atoms with van der Waals surface area (Å²) in [5.74, 6) is 0.963. The maximum absolute atomic E-state index is 4.59. The molecule has 2 nitrogen and oxygen atoms in total. The number of hydrogen-bond acceptors (Lipinski definition) is 1. The van der Waals surface area contributed by atoms with E-state index < -0.39 is 0 Å². The molecule has 2 heteroatoms. The molecule has 1 aromatic carbocycles. The van der Waals surface area contributed by atoms with E-state index in [0.29, 0.717) is 0 Å². The minimum atomic E-state index is -0.0341. The second-order valence-corrected chi connectivity index (χ2v) is 5.26. The highest BCUT2D eigenvalue weighted by Crippen LogP contribution is 2.19. The van der Waals surface area contributed by atoms with E-state index in [0.717, 1.165) is 5.84 Å². The van der Waals surface area contributed by atoms with E-state index in [-0.39, 0.29) is 5.54 Å². The summed E-state index contributed by atoms with van der Waals surface area (Å²) >= 11 is 0. The van der Waals surface area contributed by atoms with Crippen LogP contribution in [0.5, 0.6) is 0 Å². The molecule has 0 bridgehead atoms. The van der Waals surface area contributed by atoms with Gasteiger partial charge in [0.15, 0.2) is 0 Å². The fourth-order valence-corrected chi connectivity index (χ4v) is 1.72. The zero-order valence-electron chi connectivity index (χ0n) is 11.2. The van der Waals surface area contributed by atoms with E-state index in [4.69, 9.17) is 0 Å². The first-order valence-corrected chi connectivity index (χ1v) is 5.69. The van der Waals surface area contributed by atoms with Gasteiger partial charge in [-0.1, -0.05) is 18.2 Å². The van der Waals surface area contributed by atoms with Crippen molar-refractivity contribution in [2.24, 2.45) is 4.99 Å². The lowest BCUT2D eigenvalue weighted by molar-refractivity contribution is 0.583. The number of anilines is 1. The van der Waals surface area contributed by atoms with Crippen molar-refractivity contribution in [2.45, 2.75) is 47.1 Å². The van der Waals surface area contributed by atoms with Crippen LogP contribution in [0, 0.1) is 13.8 Å². The topological polar surface area (TPSA) is 24.4 Å². The van der Waals surface area contributed by atoms with Gasteiger partial charge < -0.3 is 5.32 Å². The molecule has 0 saturated heterocycles. The van der Waals surface area contributed by atoms with Crippen molar-refractivity contribution < 1.29 is 0 Å². The first-order valence-electron chi connectivity index (χ1n) is 5.69. The predicted molar refractivity (Wildman–Crippen MR) is 72.4 cm³/mol. The molecule has 88 valence electrons. The third kappa shape index (κ3) is 3.69. The van der Waals surface area contributed by atoms with E-state index in [2.05, 4.69) is 63.1 Å². The zero-order valence-corrected chi connectivity index (χ0v) is 11.2. The minimum Gasteiger partial charge on any atom is -0.344 e. The lowest BCUT2D eigenvalue weighted by atomic mass is 10.1. The molecule has 0 amide bonds. The van der Waals surface area contributed by atoms with Crippen LogP contribution >= 0.6 is 0 Å². The van der Waals surface area contributed by atoms with Gasteiger partial charge in [-0.3, -0.25) is 4.99 Å². The van der Waals surface area contributed by atoms with Crippen LogP contribution in [0.4, 0.5) is 5.69 Å². The maximum atomic E-state index is 4.59. The number of aliphatic imine (C=N–C) groups is 1. The molecule has 0 fully saturated rings. The Morgan fingerprint density at radius 2 is 1.62 bits per heavy atom. The molecular weight excluding hydrogens is 196 g/mol. The van der Waals surface area contributed by atoms with Gasteiger partial charge in [0.25, 0.3) is 0 Å². The van der Waals surface area contributed by atoms with Crippen molar-refractivity contribution >= 4 is 11.5 Å². The van der Waals surface area contributed by atoms with Crippen LogP contribution in [0.15, 0.2) is 23.2 Å². The van der Waals surface area contributed by atoms with Crippen LogP contribution in [0.3, 0.4) is 0 Å². The Balaban J connectivity index is 2.93. The third-order valence-corrected chi connectivity index (χ3v) is 2.29. The average Bonchev–Trinajstić information content (AvgIpc) is 2.08. The summed E-state index contributed by atoms with van der Waals surface area (Å²) in [6.07, 6.45) is 0. The summed E-state index contributed by atoms with van der Waals surface area (Å²) in [6.45, 7) is 12.5. The van der Waals surface area contributed by atoms with E-state index in [1.165, 1.54) is 16.8 Å². The van der Waals surface area contributed by atoms with E-state index >= 15 is 0 Å². The van der Waals surface area contributed by atoms with Crippen molar-refractivity contribution in [3.8, 4) is 0 Å². The van der Waals surface area contributed by atoms with Crippen molar-refractivity contribution in [2.75, 3.05) is 5.32 Å². The Morgan fingerprint density at radius 3 is 2.06 bits per heavy atom. The number of nitrogens with one attached hydrogen (secondary N) is 1. The van der Waals surface area contributed by atoms with Crippen molar-refractivity contribution in [1.82, 2.24) is 0 Å². The van der Waals surface area contributed by atoms with Gasteiger partial charge in [0, 0.05) is 5.69 Å². The molecule has 0 atom stereocenters. The van der Waals surface area contributed by atoms with Crippen LogP contribution in [0.2, 0.25) is 0 Å². The second-order valence-electron chi connectivity index (χ2n) is 5.26. The predicted octanol–water partition coefficient (Wildman–Crippen LogP) is 3.93. The van der Waals surface area contributed by atoms with Crippen LogP contribution < -0.4 is 5.32 Å². The number of benzene rings is 1. The number of amidine groups is 1.